The minimum Gasteiger partial charge on any atom is -0.507 e. The second-order valence-corrected chi connectivity index (χ2v) is 7.97. The molecular weight excluding hydrogens is 384 g/mol. The summed E-state index contributed by atoms with van der Waals surface area (Å²) in [5, 5.41) is 31.8. The van der Waals surface area contributed by atoms with Gasteiger partial charge >= 0.3 is 5.97 Å². The number of carboxylic acid groups (broad SMARTS) is 1. The summed E-state index contributed by atoms with van der Waals surface area (Å²) in [6.45, 7) is 12.4. The number of hydrogen-bond donors (Lipinski definition) is 3. The summed E-state index contributed by atoms with van der Waals surface area (Å²) in [6, 6.07) is 9.87. The number of hydrogen-bond acceptors (Lipinski definition) is 6. The third kappa shape index (κ3) is 5.23. The first-order chi connectivity index (χ1) is 14.1. The molecule has 0 bridgehead atoms. The van der Waals surface area contributed by atoms with Gasteiger partial charge in [0.15, 0.2) is 0 Å². The molecule has 3 N–H and O–H groups in total. The fourth-order valence-electron chi connectivity index (χ4n) is 3.26. The monoisotopic (exact) mass is 414 g/mol. The van der Waals surface area contributed by atoms with Crippen LogP contribution in [0.5, 0.6) is 11.5 Å². The molecule has 0 saturated heterocycles. The Morgan fingerprint density at radius 1 is 1.10 bits per heavy atom. The Hall–Kier alpha value is -3.22. The lowest BCUT2D eigenvalue weighted by Gasteiger charge is -2.30. The number of oxime groups is 1. The lowest BCUT2D eigenvalue weighted by atomic mass is 9.84. The van der Waals surface area contributed by atoms with Crippen LogP contribution < -0.4 is 9.64 Å². The van der Waals surface area contributed by atoms with Gasteiger partial charge in [0, 0.05) is 30.4 Å². The van der Waals surface area contributed by atoms with Crippen molar-refractivity contribution in [1.82, 2.24) is 0 Å². The fourth-order valence-corrected chi connectivity index (χ4v) is 3.26. The number of aromatic hydroxyl groups is 1. The molecule has 2 aromatic rings. The zero-order chi connectivity index (χ0) is 22.5. The maximum Gasteiger partial charge on any atom is 0.339 e. The lowest BCUT2D eigenvalue weighted by molar-refractivity contribution is 0.0693. The highest BCUT2D eigenvalue weighted by molar-refractivity contribution is 6.02. The normalized spacial score (nSPS) is 12.0. The minimum absolute atomic E-state index is 0.0451. The molecule has 0 amide bonds. The van der Waals surface area contributed by atoms with E-state index in [-0.39, 0.29) is 29.1 Å². The highest BCUT2D eigenvalue weighted by Gasteiger charge is 2.22. The number of ether oxygens (including phenoxy) is 1. The predicted octanol–water partition coefficient (Wildman–Crippen LogP) is 4.49. The number of carbonyl (C=O) groups is 1. The van der Waals surface area contributed by atoms with E-state index in [9.17, 15) is 15.1 Å². The van der Waals surface area contributed by atoms with Crippen LogP contribution >= 0.6 is 0 Å². The van der Waals surface area contributed by atoms with Crippen LogP contribution in [0.3, 0.4) is 0 Å². The first-order valence-electron chi connectivity index (χ1n) is 9.92. The number of carboxylic acids is 1. The van der Waals surface area contributed by atoms with Crippen LogP contribution in [0.2, 0.25) is 0 Å². The van der Waals surface area contributed by atoms with E-state index in [1.807, 2.05) is 18.2 Å². The molecule has 0 fully saturated rings. The molecule has 0 aliphatic heterocycles. The van der Waals surface area contributed by atoms with Crippen molar-refractivity contribution in [1.29, 1.82) is 0 Å². The molecule has 2 rings (SSSR count). The summed E-state index contributed by atoms with van der Waals surface area (Å²) in [4.78, 5) is 13.3. The predicted molar refractivity (Wildman–Crippen MR) is 118 cm³/mol. The maximum absolute atomic E-state index is 11.0. The van der Waals surface area contributed by atoms with Gasteiger partial charge in [-0.15, -0.1) is 0 Å². The standard InChI is InChI=1S/C23H30N2O5/c1-6-25(7-2)20-11-8-15(12-18(20)23(3,4)5)19(24-29)14-30-16-9-10-17(22(27)28)21(26)13-16/h8-13,26,29H,6-7,14H2,1-5H3,(H,27,28). The molecule has 0 heterocycles. The Balaban J connectivity index is 2.30. The van der Waals surface area contributed by atoms with Crippen LogP contribution in [0.4, 0.5) is 5.69 Å². The largest absolute Gasteiger partial charge is 0.507 e. The van der Waals surface area contributed by atoms with E-state index in [1.165, 1.54) is 18.2 Å². The van der Waals surface area contributed by atoms with Crippen molar-refractivity contribution < 1.29 is 25.0 Å². The third-order valence-electron chi connectivity index (χ3n) is 4.94. The quantitative estimate of drug-likeness (QED) is 0.334. The van der Waals surface area contributed by atoms with E-state index in [0.717, 1.165) is 29.9 Å². The Labute approximate surface area is 177 Å². The second kappa shape index (κ2) is 9.52. The Bertz CT molecular complexity index is 928. The van der Waals surface area contributed by atoms with Crippen molar-refractivity contribution >= 4 is 17.4 Å². The van der Waals surface area contributed by atoms with Crippen LogP contribution in [0.15, 0.2) is 41.6 Å². The van der Waals surface area contributed by atoms with Crippen LogP contribution in [0.25, 0.3) is 0 Å². The number of aromatic carboxylic acids is 1. The molecule has 7 nitrogen and oxygen atoms in total. The highest BCUT2D eigenvalue weighted by Crippen LogP contribution is 2.33. The highest BCUT2D eigenvalue weighted by atomic mass is 16.5. The molecule has 0 aliphatic carbocycles. The Kier molecular flexibility index (Phi) is 7.32. The molecular formula is C23H30N2O5. The van der Waals surface area contributed by atoms with E-state index in [2.05, 4.69) is 44.7 Å². The van der Waals surface area contributed by atoms with Gasteiger partial charge in [-0.05, 0) is 49.1 Å². The van der Waals surface area contributed by atoms with Crippen molar-refractivity contribution in [3.8, 4) is 11.5 Å². The summed E-state index contributed by atoms with van der Waals surface area (Å²) in [5.41, 5.74) is 3.00. The van der Waals surface area contributed by atoms with Crippen molar-refractivity contribution in [3.63, 3.8) is 0 Å². The van der Waals surface area contributed by atoms with Crippen LogP contribution in [-0.2, 0) is 5.41 Å². The van der Waals surface area contributed by atoms with E-state index in [0.29, 0.717) is 5.71 Å². The average Bonchev–Trinajstić information content (AvgIpc) is 2.69. The lowest BCUT2D eigenvalue weighted by Crippen LogP contribution is -2.27. The summed E-state index contributed by atoms with van der Waals surface area (Å²) in [7, 11) is 0. The van der Waals surface area contributed by atoms with Gasteiger partial charge in [-0.3, -0.25) is 0 Å². The van der Waals surface area contributed by atoms with E-state index >= 15 is 0 Å². The van der Waals surface area contributed by atoms with E-state index in [1.54, 1.807) is 0 Å². The van der Waals surface area contributed by atoms with Gasteiger partial charge in [-0.1, -0.05) is 32.0 Å². The second-order valence-electron chi connectivity index (χ2n) is 7.97. The van der Waals surface area contributed by atoms with Gasteiger partial charge in [0.1, 0.15) is 29.4 Å². The number of benzene rings is 2. The number of nitrogens with zero attached hydrogens (tertiary/aromatic N) is 2. The minimum atomic E-state index is -1.22. The van der Waals surface area contributed by atoms with Gasteiger partial charge in [0.25, 0.3) is 0 Å². The summed E-state index contributed by atoms with van der Waals surface area (Å²) < 4.78 is 5.62. The van der Waals surface area contributed by atoms with Crippen LogP contribution in [-0.4, -0.2) is 46.8 Å². The van der Waals surface area contributed by atoms with Gasteiger partial charge in [-0.25, -0.2) is 4.79 Å². The van der Waals surface area contributed by atoms with Crippen LogP contribution in [0, 0.1) is 0 Å². The zero-order valence-corrected chi connectivity index (χ0v) is 18.1. The topological polar surface area (TPSA) is 103 Å². The van der Waals surface area contributed by atoms with Crippen molar-refractivity contribution in [2.24, 2.45) is 5.16 Å². The first kappa shape index (κ1) is 23.1. The van der Waals surface area contributed by atoms with Crippen molar-refractivity contribution in [2.75, 3.05) is 24.6 Å². The summed E-state index contributed by atoms with van der Waals surface area (Å²) >= 11 is 0. The summed E-state index contributed by atoms with van der Waals surface area (Å²) in [6.07, 6.45) is 0. The molecule has 0 atom stereocenters. The molecule has 0 spiro atoms. The molecule has 0 aromatic heterocycles. The molecule has 0 aliphatic rings. The summed E-state index contributed by atoms with van der Waals surface area (Å²) in [5.74, 6) is -1.34. The molecule has 30 heavy (non-hydrogen) atoms. The van der Waals surface area contributed by atoms with E-state index in [4.69, 9.17) is 9.84 Å². The van der Waals surface area contributed by atoms with Gasteiger partial charge < -0.3 is 25.1 Å². The molecule has 0 saturated carbocycles. The number of anilines is 1. The smallest absolute Gasteiger partial charge is 0.339 e. The van der Waals surface area contributed by atoms with Crippen molar-refractivity contribution in [2.45, 2.75) is 40.0 Å². The van der Waals surface area contributed by atoms with Crippen LogP contribution in [0.1, 0.15) is 56.1 Å². The van der Waals surface area contributed by atoms with E-state index < -0.39 is 5.97 Å². The van der Waals surface area contributed by atoms with Crippen molar-refractivity contribution in [3.05, 3.63) is 53.1 Å². The molecule has 2 aromatic carbocycles. The third-order valence-corrected chi connectivity index (χ3v) is 4.94. The molecule has 0 unspecified atom stereocenters. The Morgan fingerprint density at radius 3 is 2.27 bits per heavy atom. The number of rotatable bonds is 8. The molecule has 0 radical (unpaired) electrons. The molecule has 7 heteroatoms. The van der Waals surface area contributed by atoms with Gasteiger partial charge in [0.2, 0.25) is 0 Å². The average molecular weight is 415 g/mol. The molecule has 162 valence electrons. The Morgan fingerprint density at radius 2 is 1.77 bits per heavy atom. The fraction of sp³-hybridized carbons (Fsp3) is 0.391. The van der Waals surface area contributed by atoms with Gasteiger partial charge in [0.05, 0.1) is 0 Å². The zero-order valence-electron chi connectivity index (χ0n) is 18.1. The SMILES string of the molecule is CCN(CC)c1ccc(C(COc2ccc(C(=O)O)c(O)c2)=NO)cc1C(C)(C)C. The first-order valence-corrected chi connectivity index (χ1v) is 9.92. The maximum atomic E-state index is 11.0. The number of phenols is 1. The van der Waals surface area contributed by atoms with Gasteiger partial charge in [-0.2, -0.15) is 0 Å².